The van der Waals surface area contributed by atoms with Gasteiger partial charge in [0, 0.05) is 36.7 Å². The zero-order chi connectivity index (χ0) is 19.3. The van der Waals surface area contributed by atoms with Crippen molar-refractivity contribution < 1.29 is 14.2 Å². The second kappa shape index (κ2) is 8.44. The smallest absolute Gasteiger partial charge is 0.176 e. The van der Waals surface area contributed by atoms with Gasteiger partial charge in [0.2, 0.25) is 0 Å². The first kappa shape index (κ1) is 19.9. The van der Waals surface area contributed by atoms with E-state index in [1.807, 2.05) is 30.9 Å². The van der Waals surface area contributed by atoms with Crippen molar-refractivity contribution in [2.75, 3.05) is 20.3 Å². The van der Waals surface area contributed by atoms with E-state index in [1.54, 1.807) is 7.11 Å². The minimum Gasteiger partial charge on any atom is -0.497 e. The highest BCUT2D eigenvalue weighted by Gasteiger charge is 2.46. The third kappa shape index (κ3) is 4.36. The van der Waals surface area contributed by atoms with E-state index in [-0.39, 0.29) is 11.3 Å². The highest BCUT2D eigenvalue weighted by atomic mass is 16.7. The molecule has 1 atom stereocenters. The Hall–Kier alpha value is -1.85. The van der Waals surface area contributed by atoms with Crippen molar-refractivity contribution in [1.82, 2.24) is 9.55 Å². The molecule has 1 fully saturated rings. The number of imidazole rings is 1. The third-order valence-corrected chi connectivity index (χ3v) is 6.15. The summed E-state index contributed by atoms with van der Waals surface area (Å²) in [5, 5.41) is 0. The molecular weight excluding hydrogens is 340 g/mol. The van der Waals surface area contributed by atoms with Crippen LogP contribution in [0.3, 0.4) is 0 Å². The lowest BCUT2D eigenvalue weighted by atomic mass is 9.81. The van der Waals surface area contributed by atoms with Crippen molar-refractivity contribution in [3.63, 3.8) is 0 Å². The molecule has 1 unspecified atom stereocenters. The number of methoxy groups -OCH3 is 1. The Morgan fingerprint density at radius 3 is 2.33 bits per heavy atom. The quantitative estimate of drug-likeness (QED) is 0.692. The lowest BCUT2D eigenvalue weighted by Crippen LogP contribution is -2.54. The second-order valence-electron chi connectivity index (χ2n) is 7.78. The Labute approximate surface area is 162 Å². The van der Waals surface area contributed by atoms with Gasteiger partial charge in [-0.1, -0.05) is 32.9 Å². The SMILES string of the molecule is CCC1(CC)COC(Cc2ccc(OC)cc2)(C(C)Cn2ccnc2)OC1. The molecule has 0 N–H and O–H groups in total. The van der Waals surface area contributed by atoms with Gasteiger partial charge in [-0.05, 0) is 30.5 Å². The van der Waals surface area contributed by atoms with Crippen LogP contribution in [0.4, 0.5) is 0 Å². The molecule has 0 amide bonds. The van der Waals surface area contributed by atoms with E-state index in [4.69, 9.17) is 14.2 Å². The fourth-order valence-corrected chi connectivity index (χ4v) is 3.73. The molecule has 1 aliphatic rings. The maximum absolute atomic E-state index is 6.55. The van der Waals surface area contributed by atoms with Crippen LogP contribution in [0.1, 0.15) is 39.2 Å². The van der Waals surface area contributed by atoms with E-state index in [9.17, 15) is 0 Å². The van der Waals surface area contributed by atoms with Crippen molar-refractivity contribution >= 4 is 0 Å². The molecule has 1 aromatic carbocycles. The van der Waals surface area contributed by atoms with Crippen molar-refractivity contribution in [3.05, 3.63) is 48.5 Å². The Balaban J connectivity index is 1.81. The molecule has 2 heterocycles. The van der Waals surface area contributed by atoms with Gasteiger partial charge in [-0.25, -0.2) is 4.98 Å². The zero-order valence-corrected chi connectivity index (χ0v) is 17.0. The number of rotatable bonds is 8. The molecule has 0 aliphatic carbocycles. The van der Waals surface area contributed by atoms with Gasteiger partial charge in [0.15, 0.2) is 5.79 Å². The first-order valence-corrected chi connectivity index (χ1v) is 9.91. The molecule has 0 spiro atoms. The fraction of sp³-hybridized carbons (Fsp3) is 0.591. The summed E-state index contributed by atoms with van der Waals surface area (Å²) in [6.45, 7) is 8.94. The Morgan fingerprint density at radius 2 is 1.81 bits per heavy atom. The first-order valence-electron chi connectivity index (χ1n) is 9.91. The molecule has 3 rings (SSSR count). The highest BCUT2D eigenvalue weighted by molar-refractivity contribution is 5.28. The van der Waals surface area contributed by atoms with Gasteiger partial charge in [0.25, 0.3) is 0 Å². The molecule has 1 aliphatic heterocycles. The lowest BCUT2D eigenvalue weighted by Gasteiger charge is -2.48. The number of hydrogen-bond acceptors (Lipinski definition) is 4. The molecule has 1 aromatic heterocycles. The maximum atomic E-state index is 6.55. The summed E-state index contributed by atoms with van der Waals surface area (Å²) in [6, 6.07) is 8.18. The van der Waals surface area contributed by atoms with Gasteiger partial charge in [-0.15, -0.1) is 0 Å². The van der Waals surface area contributed by atoms with Crippen LogP contribution in [0.5, 0.6) is 5.75 Å². The van der Waals surface area contributed by atoms with Crippen molar-refractivity contribution in [2.45, 2.75) is 52.4 Å². The molecule has 0 radical (unpaired) electrons. The van der Waals surface area contributed by atoms with Crippen molar-refractivity contribution in [1.29, 1.82) is 0 Å². The van der Waals surface area contributed by atoms with Gasteiger partial charge >= 0.3 is 0 Å². The largest absolute Gasteiger partial charge is 0.497 e. The van der Waals surface area contributed by atoms with Crippen LogP contribution in [-0.2, 0) is 22.4 Å². The van der Waals surface area contributed by atoms with Crippen LogP contribution in [0.25, 0.3) is 0 Å². The van der Waals surface area contributed by atoms with E-state index in [0.717, 1.165) is 44.8 Å². The Morgan fingerprint density at radius 1 is 1.15 bits per heavy atom. The molecule has 5 heteroatoms. The standard InChI is InChI=1S/C22H32N2O3/c1-5-21(6-2)15-26-22(27-16-21,18(3)14-24-12-11-23-17-24)13-19-7-9-20(25-4)10-8-19/h7-12,17-18H,5-6,13-16H2,1-4H3. The average Bonchev–Trinajstić information content (AvgIpc) is 3.22. The monoisotopic (exact) mass is 372 g/mol. The summed E-state index contributed by atoms with van der Waals surface area (Å²) < 4.78 is 20.5. The zero-order valence-electron chi connectivity index (χ0n) is 17.0. The fourth-order valence-electron chi connectivity index (χ4n) is 3.73. The van der Waals surface area contributed by atoms with Crippen LogP contribution in [0, 0.1) is 11.3 Å². The Kier molecular flexibility index (Phi) is 6.22. The Bertz CT molecular complexity index is 683. The summed E-state index contributed by atoms with van der Waals surface area (Å²) in [7, 11) is 1.69. The minimum absolute atomic E-state index is 0.123. The predicted octanol–water partition coefficient (Wildman–Crippen LogP) is 4.32. The summed E-state index contributed by atoms with van der Waals surface area (Å²) >= 11 is 0. The van der Waals surface area contributed by atoms with Gasteiger partial charge in [0.1, 0.15) is 5.75 Å². The molecular formula is C22H32N2O3. The van der Waals surface area contributed by atoms with Crippen LogP contribution in [-0.4, -0.2) is 35.7 Å². The van der Waals surface area contributed by atoms with Gasteiger partial charge in [0.05, 0.1) is 26.7 Å². The number of aromatic nitrogens is 2. The van der Waals surface area contributed by atoms with E-state index in [1.165, 1.54) is 5.56 Å². The van der Waals surface area contributed by atoms with Crippen molar-refractivity contribution in [2.24, 2.45) is 11.3 Å². The van der Waals surface area contributed by atoms with Crippen LogP contribution in [0.15, 0.2) is 43.0 Å². The maximum Gasteiger partial charge on any atom is 0.176 e. The van der Waals surface area contributed by atoms with E-state index < -0.39 is 5.79 Å². The predicted molar refractivity (Wildman–Crippen MR) is 106 cm³/mol. The number of nitrogens with zero attached hydrogens (tertiary/aromatic N) is 2. The summed E-state index contributed by atoms with van der Waals surface area (Å²) in [4.78, 5) is 4.16. The normalized spacial score (nSPS) is 19.6. The summed E-state index contributed by atoms with van der Waals surface area (Å²) in [6.07, 6.45) is 8.50. The molecule has 148 valence electrons. The second-order valence-corrected chi connectivity index (χ2v) is 7.78. The van der Waals surface area contributed by atoms with Gasteiger partial charge < -0.3 is 18.8 Å². The molecule has 0 bridgehead atoms. The third-order valence-electron chi connectivity index (χ3n) is 6.15. The van der Waals surface area contributed by atoms with Gasteiger partial charge in [-0.2, -0.15) is 0 Å². The molecule has 2 aromatic rings. The molecule has 1 saturated heterocycles. The average molecular weight is 373 g/mol. The number of hydrogen-bond donors (Lipinski definition) is 0. The summed E-state index contributed by atoms with van der Waals surface area (Å²) in [5.41, 5.74) is 1.31. The van der Waals surface area contributed by atoms with E-state index in [2.05, 4.69) is 42.5 Å². The highest BCUT2D eigenvalue weighted by Crippen LogP contribution is 2.41. The first-order chi connectivity index (χ1) is 13.0. The van der Waals surface area contributed by atoms with Crippen LogP contribution >= 0.6 is 0 Å². The van der Waals surface area contributed by atoms with Crippen LogP contribution in [0.2, 0.25) is 0 Å². The number of benzene rings is 1. The van der Waals surface area contributed by atoms with Crippen molar-refractivity contribution in [3.8, 4) is 5.75 Å². The lowest BCUT2D eigenvalue weighted by molar-refractivity contribution is -0.326. The molecule has 5 nitrogen and oxygen atoms in total. The summed E-state index contributed by atoms with van der Waals surface area (Å²) in [5.74, 6) is 0.411. The molecule has 0 saturated carbocycles. The van der Waals surface area contributed by atoms with E-state index >= 15 is 0 Å². The topological polar surface area (TPSA) is 45.5 Å². The van der Waals surface area contributed by atoms with Crippen LogP contribution < -0.4 is 4.74 Å². The number of ether oxygens (including phenoxy) is 3. The minimum atomic E-state index is -0.632. The van der Waals surface area contributed by atoms with Gasteiger partial charge in [-0.3, -0.25) is 0 Å². The molecule has 27 heavy (non-hydrogen) atoms. The van der Waals surface area contributed by atoms with E-state index in [0.29, 0.717) is 0 Å².